The molecule has 0 aromatic heterocycles. The van der Waals surface area contributed by atoms with Crippen molar-refractivity contribution < 1.29 is 5.11 Å². The SMILES string of the molecule is OC(CCc1ccccc1)(C1=CCC=CC1)c1ccccc1C1=CCC=CC1. The van der Waals surface area contributed by atoms with Crippen LogP contribution in [-0.2, 0) is 12.0 Å². The maximum absolute atomic E-state index is 12.1. The normalized spacial score (nSPS) is 18.3. The average molecular weight is 369 g/mol. The molecule has 0 saturated carbocycles. The molecule has 0 radical (unpaired) electrons. The Labute approximate surface area is 168 Å². The molecule has 1 atom stereocenters. The van der Waals surface area contributed by atoms with Gasteiger partial charge in [0.2, 0.25) is 0 Å². The van der Waals surface area contributed by atoms with E-state index in [1.54, 1.807) is 0 Å². The van der Waals surface area contributed by atoms with Gasteiger partial charge in [0.25, 0.3) is 0 Å². The summed E-state index contributed by atoms with van der Waals surface area (Å²) in [6.07, 6.45) is 18.5. The lowest BCUT2D eigenvalue weighted by Crippen LogP contribution is -2.31. The molecule has 0 spiro atoms. The molecule has 142 valence electrons. The van der Waals surface area contributed by atoms with Crippen molar-refractivity contribution >= 4 is 5.57 Å². The van der Waals surface area contributed by atoms with Crippen molar-refractivity contribution in [2.24, 2.45) is 0 Å². The summed E-state index contributed by atoms with van der Waals surface area (Å²) in [5.41, 5.74) is 5.02. The van der Waals surface area contributed by atoms with Crippen LogP contribution < -0.4 is 0 Å². The number of benzene rings is 2. The van der Waals surface area contributed by atoms with E-state index in [-0.39, 0.29) is 0 Å². The topological polar surface area (TPSA) is 20.2 Å². The van der Waals surface area contributed by atoms with Crippen LogP contribution in [0.5, 0.6) is 0 Å². The summed E-state index contributed by atoms with van der Waals surface area (Å²) in [7, 11) is 0. The smallest absolute Gasteiger partial charge is 0.112 e. The minimum absolute atomic E-state index is 0.691. The predicted octanol–water partition coefficient (Wildman–Crippen LogP) is 6.52. The first-order valence-corrected chi connectivity index (χ1v) is 10.3. The van der Waals surface area contributed by atoms with Crippen molar-refractivity contribution in [2.45, 2.75) is 44.1 Å². The van der Waals surface area contributed by atoms with E-state index in [2.05, 4.69) is 85.0 Å². The lowest BCUT2D eigenvalue weighted by molar-refractivity contribution is 0.0639. The van der Waals surface area contributed by atoms with Gasteiger partial charge in [-0.25, -0.2) is 0 Å². The lowest BCUT2D eigenvalue weighted by atomic mass is 9.75. The zero-order valence-electron chi connectivity index (χ0n) is 16.4. The average Bonchev–Trinajstić information content (AvgIpc) is 2.79. The first-order valence-electron chi connectivity index (χ1n) is 10.3. The number of hydrogen-bond acceptors (Lipinski definition) is 1. The summed E-state index contributed by atoms with van der Waals surface area (Å²) in [4.78, 5) is 0. The molecule has 1 N–H and O–H groups in total. The second-order valence-corrected chi connectivity index (χ2v) is 7.67. The molecule has 0 fully saturated rings. The molecule has 1 unspecified atom stereocenters. The second kappa shape index (κ2) is 8.58. The Morgan fingerprint density at radius 2 is 1.46 bits per heavy atom. The van der Waals surface area contributed by atoms with Crippen molar-refractivity contribution in [3.63, 3.8) is 0 Å². The van der Waals surface area contributed by atoms with Crippen LogP contribution in [0.2, 0.25) is 0 Å². The highest BCUT2D eigenvalue weighted by Gasteiger charge is 2.35. The fraction of sp³-hybridized carbons (Fsp3) is 0.259. The van der Waals surface area contributed by atoms with Crippen LogP contribution in [0.1, 0.15) is 48.8 Å². The monoisotopic (exact) mass is 368 g/mol. The van der Waals surface area contributed by atoms with Gasteiger partial charge in [0.1, 0.15) is 5.60 Å². The zero-order chi connectivity index (χ0) is 19.2. The first-order chi connectivity index (χ1) is 13.8. The Kier molecular flexibility index (Phi) is 5.73. The molecule has 1 nitrogen and oxygen atoms in total. The fourth-order valence-corrected chi connectivity index (χ4v) is 4.32. The maximum atomic E-state index is 12.1. The maximum Gasteiger partial charge on any atom is 0.112 e. The summed E-state index contributed by atoms with van der Waals surface area (Å²) >= 11 is 0. The van der Waals surface area contributed by atoms with Gasteiger partial charge in [0.05, 0.1) is 0 Å². The highest BCUT2D eigenvalue weighted by Crippen LogP contribution is 2.42. The molecule has 2 aliphatic carbocycles. The van der Waals surface area contributed by atoms with Crippen LogP contribution in [0.3, 0.4) is 0 Å². The number of aliphatic hydroxyl groups is 1. The predicted molar refractivity (Wildman–Crippen MR) is 118 cm³/mol. The molecule has 0 aliphatic heterocycles. The molecule has 0 saturated heterocycles. The number of allylic oxidation sites excluding steroid dienone is 7. The third-order valence-corrected chi connectivity index (χ3v) is 5.88. The Balaban J connectivity index is 1.73. The van der Waals surface area contributed by atoms with Gasteiger partial charge in [-0.3, -0.25) is 0 Å². The van der Waals surface area contributed by atoms with Gasteiger partial charge < -0.3 is 5.11 Å². The van der Waals surface area contributed by atoms with Crippen molar-refractivity contribution in [2.75, 3.05) is 0 Å². The number of hydrogen-bond donors (Lipinski definition) is 1. The van der Waals surface area contributed by atoms with Crippen LogP contribution in [-0.4, -0.2) is 5.11 Å². The first kappa shape index (κ1) is 18.7. The Morgan fingerprint density at radius 1 is 0.750 bits per heavy atom. The molecule has 2 aromatic carbocycles. The molecule has 2 aromatic rings. The highest BCUT2D eigenvalue weighted by molar-refractivity contribution is 5.72. The van der Waals surface area contributed by atoms with E-state index in [0.717, 1.165) is 43.2 Å². The quantitative estimate of drug-likeness (QED) is 0.576. The van der Waals surface area contributed by atoms with E-state index < -0.39 is 5.60 Å². The minimum atomic E-state index is -0.945. The van der Waals surface area contributed by atoms with E-state index in [1.165, 1.54) is 16.7 Å². The zero-order valence-corrected chi connectivity index (χ0v) is 16.4. The van der Waals surface area contributed by atoms with E-state index in [9.17, 15) is 5.11 Å². The molecule has 28 heavy (non-hydrogen) atoms. The minimum Gasteiger partial charge on any atom is -0.381 e. The highest BCUT2D eigenvalue weighted by atomic mass is 16.3. The lowest BCUT2D eigenvalue weighted by Gasteiger charge is -2.35. The third-order valence-electron chi connectivity index (χ3n) is 5.88. The molecule has 4 rings (SSSR count). The Morgan fingerprint density at radius 3 is 2.18 bits per heavy atom. The van der Waals surface area contributed by atoms with Crippen molar-refractivity contribution in [1.82, 2.24) is 0 Å². The summed E-state index contributed by atoms with van der Waals surface area (Å²) < 4.78 is 0. The fourth-order valence-electron chi connectivity index (χ4n) is 4.32. The molecular formula is C27H28O. The number of aryl methyl sites for hydroxylation is 1. The number of rotatable bonds is 6. The molecule has 0 heterocycles. The molecule has 1 heteroatoms. The van der Waals surface area contributed by atoms with E-state index >= 15 is 0 Å². The van der Waals surface area contributed by atoms with Crippen LogP contribution >= 0.6 is 0 Å². The summed E-state index contributed by atoms with van der Waals surface area (Å²) in [5.74, 6) is 0. The van der Waals surface area contributed by atoms with E-state index in [1.807, 2.05) is 6.07 Å². The third kappa shape index (κ3) is 3.95. The van der Waals surface area contributed by atoms with Crippen LogP contribution in [0, 0.1) is 0 Å². The summed E-state index contributed by atoms with van der Waals surface area (Å²) in [5, 5.41) is 12.1. The van der Waals surface area contributed by atoms with Gasteiger partial charge in [-0.15, -0.1) is 0 Å². The van der Waals surface area contributed by atoms with Crippen LogP contribution in [0.4, 0.5) is 0 Å². The van der Waals surface area contributed by atoms with Crippen molar-refractivity contribution in [3.05, 3.63) is 113 Å². The van der Waals surface area contributed by atoms with Gasteiger partial charge in [-0.2, -0.15) is 0 Å². The van der Waals surface area contributed by atoms with Crippen molar-refractivity contribution in [1.29, 1.82) is 0 Å². The van der Waals surface area contributed by atoms with Gasteiger partial charge in [0, 0.05) is 0 Å². The second-order valence-electron chi connectivity index (χ2n) is 7.67. The van der Waals surface area contributed by atoms with Crippen molar-refractivity contribution in [3.8, 4) is 0 Å². The largest absolute Gasteiger partial charge is 0.381 e. The molecular weight excluding hydrogens is 340 g/mol. The molecule has 0 amide bonds. The Bertz CT molecular complexity index is 930. The van der Waals surface area contributed by atoms with Gasteiger partial charge in [-0.1, -0.05) is 91.1 Å². The standard InChI is InChI=1S/C27H28O/c28-27(24-16-8-3-9-17-24,21-20-22-12-4-1-5-13-22)26-19-11-10-18-25(26)23-14-6-2-7-15-23/h1-6,8,10-13,15,17-19,28H,7,9,14,16,20-21H2. The van der Waals surface area contributed by atoms with E-state index in [0.29, 0.717) is 6.42 Å². The summed E-state index contributed by atoms with van der Waals surface area (Å²) in [6, 6.07) is 18.9. The van der Waals surface area contributed by atoms with Gasteiger partial charge in [-0.05, 0) is 66.4 Å². The van der Waals surface area contributed by atoms with Gasteiger partial charge in [0.15, 0.2) is 0 Å². The van der Waals surface area contributed by atoms with Crippen LogP contribution in [0.15, 0.2) is 96.6 Å². The summed E-state index contributed by atoms with van der Waals surface area (Å²) in [6.45, 7) is 0. The molecule has 2 aliphatic rings. The van der Waals surface area contributed by atoms with Crippen LogP contribution in [0.25, 0.3) is 5.57 Å². The van der Waals surface area contributed by atoms with E-state index in [4.69, 9.17) is 0 Å². The van der Waals surface area contributed by atoms with Gasteiger partial charge >= 0.3 is 0 Å². The molecule has 0 bridgehead atoms. The Hall–Kier alpha value is -2.64.